The van der Waals surface area contributed by atoms with Gasteiger partial charge < -0.3 is 5.32 Å². The smallest absolute Gasteiger partial charge is 0.251 e. The van der Waals surface area contributed by atoms with E-state index in [1.54, 1.807) is 0 Å². The highest BCUT2D eigenvalue weighted by Gasteiger charge is 2.14. The second-order valence-corrected chi connectivity index (χ2v) is 7.19. The first-order valence-electron chi connectivity index (χ1n) is 6.41. The summed E-state index contributed by atoms with van der Waals surface area (Å²) in [6.07, 6.45) is 5.48. The molecule has 0 aromatic heterocycles. The molecular formula is C14H18INOS. The third-order valence-electron chi connectivity index (χ3n) is 3.15. The van der Waals surface area contributed by atoms with Crippen LogP contribution in [0.3, 0.4) is 0 Å². The zero-order valence-corrected chi connectivity index (χ0v) is 13.3. The van der Waals surface area contributed by atoms with E-state index in [2.05, 4.69) is 27.9 Å². The predicted octanol–water partition coefficient (Wildman–Crippen LogP) is 3.70. The molecule has 0 aliphatic heterocycles. The van der Waals surface area contributed by atoms with Gasteiger partial charge in [-0.1, -0.05) is 12.8 Å². The van der Waals surface area contributed by atoms with Gasteiger partial charge in [0.25, 0.3) is 5.91 Å². The van der Waals surface area contributed by atoms with Crippen LogP contribution >= 0.6 is 34.4 Å². The minimum absolute atomic E-state index is 0.0402. The molecule has 18 heavy (non-hydrogen) atoms. The van der Waals surface area contributed by atoms with Crippen LogP contribution in [0.4, 0.5) is 0 Å². The SMILES string of the molecule is O=C(NCCSC1CCCC1)c1ccc(I)cc1. The van der Waals surface area contributed by atoms with Gasteiger partial charge in [-0.2, -0.15) is 11.8 Å². The maximum absolute atomic E-state index is 11.8. The summed E-state index contributed by atoms with van der Waals surface area (Å²) in [4.78, 5) is 11.8. The number of carbonyl (C=O) groups is 1. The van der Waals surface area contributed by atoms with Crippen molar-refractivity contribution in [1.29, 1.82) is 0 Å². The molecule has 0 bridgehead atoms. The Balaban J connectivity index is 1.66. The number of rotatable bonds is 5. The number of nitrogens with one attached hydrogen (secondary N) is 1. The van der Waals surface area contributed by atoms with Crippen LogP contribution in [0.1, 0.15) is 36.0 Å². The maximum atomic E-state index is 11.8. The summed E-state index contributed by atoms with van der Waals surface area (Å²) in [7, 11) is 0. The van der Waals surface area contributed by atoms with E-state index in [9.17, 15) is 4.79 Å². The molecule has 1 aliphatic carbocycles. The van der Waals surface area contributed by atoms with Gasteiger partial charge in [0, 0.05) is 26.7 Å². The van der Waals surface area contributed by atoms with Crippen LogP contribution in [0.2, 0.25) is 0 Å². The van der Waals surface area contributed by atoms with Crippen molar-refractivity contribution in [3.63, 3.8) is 0 Å². The lowest BCUT2D eigenvalue weighted by atomic mass is 10.2. The van der Waals surface area contributed by atoms with Crippen molar-refractivity contribution in [1.82, 2.24) is 5.32 Å². The van der Waals surface area contributed by atoms with Crippen molar-refractivity contribution < 1.29 is 4.79 Å². The first-order valence-corrected chi connectivity index (χ1v) is 8.54. The van der Waals surface area contributed by atoms with Gasteiger partial charge in [0.05, 0.1) is 0 Å². The van der Waals surface area contributed by atoms with Gasteiger partial charge >= 0.3 is 0 Å². The van der Waals surface area contributed by atoms with E-state index in [1.165, 1.54) is 25.7 Å². The topological polar surface area (TPSA) is 29.1 Å². The van der Waals surface area contributed by atoms with Crippen molar-refractivity contribution in [2.45, 2.75) is 30.9 Å². The van der Waals surface area contributed by atoms with Gasteiger partial charge in [-0.15, -0.1) is 0 Å². The molecule has 1 saturated carbocycles. The van der Waals surface area contributed by atoms with Gasteiger partial charge in [0.15, 0.2) is 0 Å². The van der Waals surface area contributed by atoms with E-state index < -0.39 is 0 Å². The fourth-order valence-corrected chi connectivity index (χ4v) is 3.73. The van der Waals surface area contributed by atoms with Crippen molar-refractivity contribution in [3.8, 4) is 0 Å². The molecule has 4 heteroatoms. The molecule has 0 spiro atoms. The molecule has 1 N–H and O–H groups in total. The Bertz CT molecular complexity index is 387. The number of carbonyl (C=O) groups excluding carboxylic acids is 1. The van der Waals surface area contributed by atoms with E-state index in [4.69, 9.17) is 0 Å². The minimum atomic E-state index is 0.0402. The fourth-order valence-electron chi connectivity index (χ4n) is 2.15. The molecule has 1 aliphatic rings. The fraction of sp³-hybridized carbons (Fsp3) is 0.500. The van der Waals surface area contributed by atoms with Crippen molar-refractivity contribution in [2.24, 2.45) is 0 Å². The molecule has 1 aromatic rings. The van der Waals surface area contributed by atoms with Crippen molar-refractivity contribution in [3.05, 3.63) is 33.4 Å². The lowest BCUT2D eigenvalue weighted by Gasteiger charge is -2.09. The largest absolute Gasteiger partial charge is 0.351 e. The Labute approximate surface area is 126 Å². The standard InChI is InChI=1S/C14H18INOS/c15-12-7-5-11(6-8-12)14(17)16-9-10-18-13-3-1-2-4-13/h5-8,13H,1-4,9-10H2,(H,16,17). The molecule has 0 radical (unpaired) electrons. The zero-order valence-electron chi connectivity index (χ0n) is 10.3. The summed E-state index contributed by atoms with van der Waals surface area (Å²) in [5, 5.41) is 3.81. The van der Waals surface area contributed by atoms with E-state index in [0.717, 1.165) is 26.7 Å². The summed E-state index contributed by atoms with van der Waals surface area (Å²) in [5.74, 6) is 1.07. The Hall–Kier alpha value is -0.230. The first-order chi connectivity index (χ1) is 8.75. The number of amides is 1. The molecule has 1 fully saturated rings. The van der Waals surface area contributed by atoms with Crippen LogP contribution in [0.15, 0.2) is 24.3 Å². The number of hydrogen-bond acceptors (Lipinski definition) is 2. The quantitative estimate of drug-likeness (QED) is 0.628. The highest BCUT2D eigenvalue weighted by molar-refractivity contribution is 14.1. The Morgan fingerprint density at radius 2 is 1.94 bits per heavy atom. The number of hydrogen-bond donors (Lipinski definition) is 1. The summed E-state index contributed by atoms with van der Waals surface area (Å²) in [5.41, 5.74) is 0.751. The maximum Gasteiger partial charge on any atom is 0.251 e. The molecule has 0 unspecified atom stereocenters. The van der Waals surface area contributed by atoms with Gasteiger partial charge in [-0.05, 0) is 59.7 Å². The second kappa shape index (κ2) is 7.38. The number of thioether (sulfide) groups is 1. The normalized spacial score (nSPS) is 15.8. The summed E-state index contributed by atoms with van der Waals surface area (Å²) in [6, 6.07) is 7.67. The molecular weight excluding hydrogens is 357 g/mol. The van der Waals surface area contributed by atoms with Crippen LogP contribution in [0.5, 0.6) is 0 Å². The summed E-state index contributed by atoms with van der Waals surface area (Å²) < 4.78 is 1.15. The molecule has 0 heterocycles. The number of halogens is 1. The van der Waals surface area contributed by atoms with E-state index >= 15 is 0 Å². The average Bonchev–Trinajstić information content (AvgIpc) is 2.88. The highest BCUT2D eigenvalue weighted by atomic mass is 127. The Kier molecular flexibility index (Phi) is 5.82. The monoisotopic (exact) mass is 375 g/mol. The Morgan fingerprint density at radius 3 is 2.61 bits per heavy atom. The minimum Gasteiger partial charge on any atom is -0.351 e. The third-order valence-corrected chi connectivity index (χ3v) is 5.25. The van der Waals surface area contributed by atoms with Crippen molar-refractivity contribution >= 4 is 40.3 Å². The number of benzene rings is 1. The second-order valence-electron chi connectivity index (χ2n) is 4.54. The van der Waals surface area contributed by atoms with Crippen LogP contribution in [0, 0.1) is 3.57 Å². The third kappa shape index (κ3) is 4.46. The van der Waals surface area contributed by atoms with E-state index in [-0.39, 0.29) is 5.91 Å². The molecule has 98 valence electrons. The predicted molar refractivity (Wildman–Crippen MR) is 86.2 cm³/mol. The lowest BCUT2D eigenvalue weighted by molar-refractivity contribution is 0.0956. The van der Waals surface area contributed by atoms with Gasteiger partial charge in [0.1, 0.15) is 0 Å². The van der Waals surface area contributed by atoms with E-state index in [1.807, 2.05) is 36.0 Å². The van der Waals surface area contributed by atoms with Crippen molar-refractivity contribution in [2.75, 3.05) is 12.3 Å². The van der Waals surface area contributed by atoms with E-state index in [0.29, 0.717) is 0 Å². The van der Waals surface area contributed by atoms with Crippen LogP contribution in [0.25, 0.3) is 0 Å². The van der Waals surface area contributed by atoms with Gasteiger partial charge in [-0.25, -0.2) is 0 Å². The Morgan fingerprint density at radius 1 is 1.28 bits per heavy atom. The van der Waals surface area contributed by atoms with Crippen LogP contribution in [-0.2, 0) is 0 Å². The zero-order chi connectivity index (χ0) is 12.8. The summed E-state index contributed by atoms with van der Waals surface area (Å²) >= 11 is 4.25. The first kappa shape index (κ1) is 14.2. The van der Waals surface area contributed by atoms with Gasteiger partial charge in [-0.3, -0.25) is 4.79 Å². The average molecular weight is 375 g/mol. The molecule has 0 saturated heterocycles. The molecule has 0 atom stereocenters. The molecule has 1 aromatic carbocycles. The summed E-state index contributed by atoms with van der Waals surface area (Å²) in [6.45, 7) is 0.770. The van der Waals surface area contributed by atoms with Crippen LogP contribution in [-0.4, -0.2) is 23.5 Å². The van der Waals surface area contributed by atoms with Gasteiger partial charge in [0.2, 0.25) is 0 Å². The van der Waals surface area contributed by atoms with Crippen LogP contribution < -0.4 is 5.32 Å². The molecule has 1 amide bonds. The lowest BCUT2D eigenvalue weighted by Crippen LogP contribution is -2.26. The molecule has 2 rings (SSSR count). The molecule has 2 nitrogen and oxygen atoms in total. The highest BCUT2D eigenvalue weighted by Crippen LogP contribution is 2.28.